The Morgan fingerprint density at radius 3 is 2.56 bits per heavy atom. The van der Waals surface area contributed by atoms with Crippen molar-refractivity contribution in [2.75, 3.05) is 13.2 Å². The van der Waals surface area contributed by atoms with Crippen molar-refractivity contribution in [2.24, 2.45) is 11.1 Å². The van der Waals surface area contributed by atoms with E-state index < -0.39 is 12.0 Å². The molecular weight excluding hydrogens is 210 g/mol. The number of hydrogen-bond donors (Lipinski definition) is 2. The average molecular weight is 231 g/mol. The first-order chi connectivity index (χ1) is 7.41. The highest BCUT2D eigenvalue weighted by Gasteiger charge is 2.28. The van der Waals surface area contributed by atoms with Crippen molar-refractivity contribution in [3.63, 3.8) is 0 Å². The summed E-state index contributed by atoms with van der Waals surface area (Å²) >= 11 is 0. The van der Waals surface area contributed by atoms with Gasteiger partial charge in [0.2, 0.25) is 0 Å². The number of aliphatic carboxylic acids is 1. The largest absolute Gasteiger partial charge is 0.480 e. The van der Waals surface area contributed by atoms with E-state index in [9.17, 15) is 4.79 Å². The Labute approximate surface area is 95.9 Å². The summed E-state index contributed by atoms with van der Waals surface area (Å²) in [4.78, 5) is 10.5. The monoisotopic (exact) mass is 231 g/mol. The van der Waals surface area contributed by atoms with Crippen LogP contribution in [0.2, 0.25) is 0 Å². The van der Waals surface area contributed by atoms with Crippen molar-refractivity contribution in [2.45, 2.75) is 45.4 Å². The van der Waals surface area contributed by atoms with Crippen LogP contribution in [0, 0.1) is 5.41 Å². The van der Waals surface area contributed by atoms with Crippen LogP contribution in [0.1, 0.15) is 33.1 Å². The smallest absolute Gasteiger partial charge is 0.320 e. The first kappa shape index (κ1) is 13.4. The zero-order valence-corrected chi connectivity index (χ0v) is 9.94. The Morgan fingerprint density at radius 1 is 1.50 bits per heavy atom. The fourth-order valence-corrected chi connectivity index (χ4v) is 1.52. The van der Waals surface area contributed by atoms with Crippen LogP contribution >= 0.6 is 0 Å². The van der Waals surface area contributed by atoms with Gasteiger partial charge in [-0.15, -0.1) is 0 Å². The third-order valence-corrected chi connectivity index (χ3v) is 2.59. The minimum absolute atomic E-state index is 0.0773. The molecule has 1 aliphatic rings. The molecule has 0 aliphatic carbocycles. The molecule has 0 aromatic heterocycles. The summed E-state index contributed by atoms with van der Waals surface area (Å²) in [5.74, 6) is -0.952. The maximum Gasteiger partial charge on any atom is 0.320 e. The lowest BCUT2D eigenvalue weighted by molar-refractivity contribution is -0.224. The molecular formula is C11H21NO4. The van der Waals surface area contributed by atoms with Gasteiger partial charge < -0.3 is 20.3 Å². The highest BCUT2D eigenvalue weighted by atomic mass is 16.7. The molecule has 1 rings (SSSR count). The van der Waals surface area contributed by atoms with Crippen molar-refractivity contribution in [3.05, 3.63) is 0 Å². The van der Waals surface area contributed by atoms with Crippen molar-refractivity contribution < 1.29 is 19.4 Å². The highest BCUT2D eigenvalue weighted by molar-refractivity contribution is 5.72. The van der Waals surface area contributed by atoms with Crippen molar-refractivity contribution in [1.29, 1.82) is 0 Å². The van der Waals surface area contributed by atoms with Gasteiger partial charge in [0.25, 0.3) is 0 Å². The molecule has 1 atom stereocenters. The molecule has 0 radical (unpaired) electrons. The Morgan fingerprint density at radius 2 is 2.06 bits per heavy atom. The fourth-order valence-electron chi connectivity index (χ4n) is 1.52. The molecule has 0 amide bonds. The summed E-state index contributed by atoms with van der Waals surface area (Å²) in [6, 6.07) is -0.778. The van der Waals surface area contributed by atoms with Gasteiger partial charge in [-0.3, -0.25) is 4.79 Å². The molecule has 1 fully saturated rings. The molecule has 0 spiro atoms. The third kappa shape index (κ3) is 4.47. The van der Waals surface area contributed by atoms with E-state index in [2.05, 4.69) is 13.8 Å². The summed E-state index contributed by atoms with van der Waals surface area (Å²) in [5.41, 5.74) is 5.47. The van der Waals surface area contributed by atoms with Gasteiger partial charge in [0, 0.05) is 5.41 Å². The van der Waals surface area contributed by atoms with E-state index >= 15 is 0 Å². The zero-order valence-electron chi connectivity index (χ0n) is 9.94. The van der Waals surface area contributed by atoms with E-state index in [1.165, 1.54) is 0 Å². The van der Waals surface area contributed by atoms with Gasteiger partial charge in [-0.25, -0.2) is 0 Å². The van der Waals surface area contributed by atoms with Crippen molar-refractivity contribution >= 4 is 5.97 Å². The quantitative estimate of drug-likeness (QED) is 0.736. The minimum Gasteiger partial charge on any atom is -0.480 e. The predicted molar refractivity (Wildman–Crippen MR) is 58.9 cm³/mol. The molecule has 0 unspecified atom stereocenters. The van der Waals surface area contributed by atoms with Crippen LogP contribution in [-0.4, -0.2) is 36.6 Å². The number of ether oxygens (including phenoxy) is 2. The van der Waals surface area contributed by atoms with E-state index in [0.29, 0.717) is 32.5 Å². The summed E-state index contributed by atoms with van der Waals surface area (Å²) in [5, 5.41) is 8.60. The van der Waals surface area contributed by atoms with Crippen molar-refractivity contribution in [1.82, 2.24) is 0 Å². The lowest BCUT2D eigenvalue weighted by Gasteiger charge is -2.34. The van der Waals surface area contributed by atoms with Gasteiger partial charge in [-0.05, 0) is 19.3 Å². The SMILES string of the molecule is CC1(C)COC(CCC[C@H](N)C(=O)O)OC1. The van der Waals surface area contributed by atoms with E-state index in [0.717, 1.165) is 0 Å². The Kier molecular flexibility index (Phi) is 4.70. The maximum absolute atomic E-state index is 10.5. The van der Waals surface area contributed by atoms with Crippen molar-refractivity contribution in [3.8, 4) is 0 Å². The number of carboxylic acid groups (broad SMARTS) is 1. The second-order valence-electron chi connectivity index (χ2n) is 5.09. The Balaban J connectivity index is 2.13. The van der Waals surface area contributed by atoms with Gasteiger partial charge in [0.1, 0.15) is 6.04 Å². The standard InChI is InChI=1S/C11H21NO4/c1-11(2)6-15-9(16-7-11)5-3-4-8(12)10(13)14/h8-9H,3-7,12H2,1-2H3,(H,13,14)/t8-/m0/s1. The first-order valence-electron chi connectivity index (χ1n) is 5.62. The molecule has 16 heavy (non-hydrogen) atoms. The van der Waals surface area contributed by atoms with Crippen LogP contribution in [0.3, 0.4) is 0 Å². The molecule has 5 nitrogen and oxygen atoms in total. The predicted octanol–water partition coefficient (Wildman–Crippen LogP) is 0.968. The number of carbonyl (C=O) groups is 1. The topological polar surface area (TPSA) is 81.8 Å². The van der Waals surface area contributed by atoms with Gasteiger partial charge >= 0.3 is 5.97 Å². The molecule has 94 valence electrons. The van der Waals surface area contributed by atoms with E-state index in [1.54, 1.807) is 0 Å². The summed E-state index contributed by atoms with van der Waals surface area (Å²) in [7, 11) is 0. The first-order valence-corrected chi connectivity index (χ1v) is 5.62. The van der Waals surface area contributed by atoms with E-state index in [4.69, 9.17) is 20.3 Å². The molecule has 3 N–H and O–H groups in total. The number of rotatable bonds is 5. The maximum atomic E-state index is 10.5. The molecule has 1 aliphatic heterocycles. The summed E-state index contributed by atoms with van der Waals surface area (Å²) < 4.78 is 11.1. The molecule has 1 saturated heterocycles. The second-order valence-corrected chi connectivity index (χ2v) is 5.09. The number of nitrogens with two attached hydrogens (primary N) is 1. The molecule has 5 heteroatoms. The minimum atomic E-state index is -0.952. The van der Waals surface area contributed by atoms with Gasteiger partial charge in [-0.1, -0.05) is 13.8 Å². The van der Waals surface area contributed by atoms with Crippen LogP contribution < -0.4 is 5.73 Å². The highest BCUT2D eigenvalue weighted by Crippen LogP contribution is 2.24. The molecule has 0 aromatic rings. The van der Waals surface area contributed by atoms with Gasteiger partial charge in [0.15, 0.2) is 6.29 Å². The molecule has 1 heterocycles. The third-order valence-electron chi connectivity index (χ3n) is 2.59. The molecule has 0 saturated carbocycles. The second kappa shape index (κ2) is 5.61. The lowest BCUT2D eigenvalue weighted by Crippen LogP contribution is -2.38. The van der Waals surface area contributed by atoms with Crippen LogP contribution in [0.15, 0.2) is 0 Å². The lowest BCUT2D eigenvalue weighted by atomic mass is 9.95. The van der Waals surface area contributed by atoms with E-state index in [1.807, 2.05) is 0 Å². The zero-order chi connectivity index (χ0) is 12.2. The normalized spacial score (nSPS) is 22.9. The van der Waals surface area contributed by atoms with Crippen LogP contribution in [0.5, 0.6) is 0 Å². The summed E-state index contributed by atoms with van der Waals surface area (Å²) in [6.45, 7) is 5.54. The summed E-state index contributed by atoms with van der Waals surface area (Å²) in [6.07, 6.45) is 1.67. The Hall–Kier alpha value is -0.650. The van der Waals surface area contributed by atoms with Crippen LogP contribution in [0.4, 0.5) is 0 Å². The fraction of sp³-hybridized carbons (Fsp3) is 0.909. The van der Waals surface area contributed by atoms with Crippen LogP contribution in [-0.2, 0) is 14.3 Å². The Bertz CT molecular complexity index is 232. The van der Waals surface area contributed by atoms with Gasteiger partial charge in [-0.2, -0.15) is 0 Å². The number of hydrogen-bond acceptors (Lipinski definition) is 4. The molecule has 0 aromatic carbocycles. The average Bonchev–Trinajstić information content (AvgIpc) is 2.20. The number of carboxylic acids is 1. The van der Waals surface area contributed by atoms with Gasteiger partial charge in [0.05, 0.1) is 13.2 Å². The van der Waals surface area contributed by atoms with E-state index in [-0.39, 0.29) is 11.7 Å². The van der Waals surface area contributed by atoms with Crippen LogP contribution in [0.25, 0.3) is 0 Å². The molecule has 0 bridgehead atoms.